The Morgan fingerprint density at radius 2 is 1.18 bits per heavy atom. The van der Waals surface area contributed by atoms with Crippen LogP contribution in [0.5, 0.6) is 0 Å². The Hall–Kier alpha value is -0.400. The van der Waals surface area contributed by atoms with E-state index in [1.165, 1.54) is 24.0 Å². The predicted molar refractivity (Wildman–Crippen MR) is 108 cm³/mol. The summed E-state index contributed by atoms with van der Waals surface area (Å²) in [5.74, 6) is 0. The van der Waals surface area contributed by atoms with E-state index in [0.29, 0.717) is 6.25 Å². The molecule has 2 saturated heterocycles. The van der Waals surface area contributed by atoms with Crippen LogP contribution in [0.4, 0.5) is 0 Å². The van der Waals surface area contributed by atoms with Crippen LogP contribution in [0.1, 0.15) is 46.2 Å². The van der Waals surface area contributed by atoms with Gasteiger partial charge in [-0.3, -0.25) is 0 Å². The Bertz CT molecular complexity index is 1000. The van der Waals surface area contributed by atoms with Crippen molar-refractivity contribution in [3.63, 3.8) is 0 Å². The van der Waals surface area contributed by atoms with Gasteiger partial charge in [0.15, 0.2) is 0 Å². The van der Waals surface area contributed by atoms with Gasteiger partial charge in [-0.05, 0) is 0 Å². The number of fused-ring (bicyclic) bond motifs is 2. The maximum absolute atomic E-state index is 2.67. The van der Waals surface area contributed by atoms with Crippen molar-refractivity contribution in [2.45, 2.75) is 46.0 Å². The summed E-state index contributed by atoms with van der Waals surface area (Å²) in [7, 11) is -1.61. The maximum atomic E-state index is 2.67. The van der Waals surface area contributed by atoms with E-state index in [4.69, 9.17) is 0 Å². The van der Waals surface area contributed by atoms with Crippen molar-refractivity contribution in [2.24, 2.45) is 0 Å². The second kappa shape index (κ2) is 6.30. The fraction of sp³-hybridized carbons (Fsp3) is 0.333. The Labute approximate surface area is 193 Å². The van der Waals surface area contributed by atoms with Crippen LogP contribution in [0.25, 0.3) is 12.2 Å². The van der Waals surface area contributed by atoms with Gasteiger partial charge in [-0.25, -0.2) is 0 Å². The number of hydrogen-bond acceptors (Lipinski definition) is 0. The summed E-state index contributed by atoms with van der Waals surface area (Å²) in [4.78, 5) is 0. The molecule has 2 unspecified atom stereocenters. The first-order chi connectivity index (χ1) is 12.4. The molecule has 2 aliphatic heterocycles. The third-order valence-corrected chi connectivity index (χ3v) is 18.8. The topological polar surface area (TPSA) is 0 Å². The van der Waals surface area contributed by atoms with E-state index in [1.54, 1.807) is 22.3 Å². The number of benzene rings is 2. The van der Waals surface area contributed by atoms with Crippen LogP contribution < -0.4 is 24.8 Å². The molecular weight excluding hydrogens is 478 g/mol. The maximum Gasteiger partial charge on any atom is -1.00 e. The van der Waals surface area contributed by atoms with Crippen LogP contribution in [-0.4, -0.2) is 8.07 Å². The van der Waals surface area contributed by atoms with E-state index in [9.17, 15) is 0 Å². The third-order valence-electron chi connectivity index (χ3n) is 7.71. The monoisotopic (exact) mass is 500 g/mol. The van der Waals surface area contributed by atoms with Gasteiger partial charge in [0.05, 0.1) is 0 Å². The molecule has 2 aromatic carbocycles. The number of halogens is 2. The average molecular weight is 503 g/mol. The van der Waals surface area contributed by atoms with Crippen molar-refractivity contribution in [1.82, 2.24) is 0 Å². The molecule has 0 aromatic heterocycles. The normalized spacial score (nSPS) is 28.9. The molecule has 0 nitrogen and oxygen atoms in total. The van der Waals surface area contributed by atoms with Crippen LogP contribution in [0.3, 0.4) is 0 Å². The Balaban J connectivity index is 0.000000961. The molecule has 2 spiro atoms. The second-order valence-corrected chi connectivity index (χ2v) is 18.4. The fourth-order valence-electron chi connectivity index (χ4n) is 6.56. The fourth-order valence-corrected chi connectivity index (χ4v) is 21.6. The van der Waals surface area contributed by atoms with Crippen molar-refractivity contribution < 1.29 is 48.0 Å². The first-order valence-corrected chi connectivity index (χ1v) is 15.3. The van der Waals surface area contributed by atoms with Crippen molar-refractivity contribution in [3.8, 4) is 0 Å². The van der Waals surface area contributed by atoms with Gasteiger partial charge in [0, 0.05) is 0 Å². The van der Waals surface area contributed by atoms with Crippen molar-refractivity contribution in [2.75, 3.05) is 0 Å². The molecule has 2 heterocycles. The smallest absolute Gasteiger partial charge is 1.00 e. The molecule has 0 N–H and O–H groups in total. The van der Waals surface area contributed by atoms with Gasteiger partial charge < -0.3 is 24.8 Å². The molecule has 0 radical (unpaired) electrons. The van der Waals surface area contributed by atoms with Crippen LogP contribution >= 0.6 is 0 Å². The number of aryl methyl sites for hydroxylation is 2. The van der Waals surface area contributed by atoms with E-state index < -0.39 is 31.3 Å². The Morgan fingerprint density at radius 3 is 1.61 bits per heavy atom. The summed E-state index contributed by atoms with van der Waals surface area (Å²) in [6, 6.07) is 14.2. The molecule has 2 aliphatic carbocycles. The van der Waals surface area contributed by atoms with Crippen LogP contribution in [0.2, 0.25) is 13.1 Å². The van der Waals surface area contributed by atoms with E-state index in [2.05, 4.69) is 75.5 Å². The first-order valence-electron chi connectivity index (χ1n) is 9.85. The largest absolute Gasteiger partial charge is 1.00 e. The summed E-state index contributed by atoms with van der Waals surface area (Å²) >= 11 is -0.703. The quantitative estimate of drug-likeness (QED) is 0.441. The van der Waals surface area contributed by atoms with Gasteiger partial charge in [-0.15, -0.1) is 0 Å². The molecule has 28 heavy (non-hydrogen) atoms. The molecule has 2 aromatic rings. The van der Waals surface area contributed by atoms with E-state index >= 15 is 0 Å². The molecule has 142 valence electrons. The SMILES string of the molecule is Cc1cccc2c1C=C1[C]23CC[C]2([Zr+2]3)C(=Cc3c(C)cccc32)[Si]1(C)C.[Cl-].[Cl-]. The summed E-state index contributed by atoms with van der Waals surface area (Å²) in [5.41, 5.74) is 9.59. The summed E-state index contributed by atoms with van der Waals surface area (Å²) in [6.45, 7) is 9.93. The minimum atomic E-state index is -1.61. The van der Waals surface area contributed by atoms with Crippen LogP contribution in [-0.2, 0) is 29.5 Å². The molecule has 4 aliphatic rings. The molecule has 2 atom stereocenters. The molecule has 6 rings (SSSR count). The minimum Gasteiger partial charge on any atom is -1.00 e. The van der Waals surface area contributed by atoms with E-state index in [-0.39, 0.29) is 24.8 Å². The second-order valence-electron chi connectivity index (χ2n) is 9.25. The standard InChI is InChI=1S/C24H24Si.2ClH.Zr/c1-15-7-5-9-17-19-11-12-20-18-10-6-8-16(2)22(18)14-24(20)25(3,4)23(19)13-21(15)17;;;/h5-10,13-14H,11-12H2,1-4H3;2*1H;/q;;;+2/p-2. The van der Waals surface area contributed by atoms with E-state index in [1.807, 2.05) is 10.4 Å². The first kappa shape index (κ1) is 20.9. The van der Waals surface area contributed by atoms with E-state index in [0.717, 1.165) is 0 Å². The number of rotatable bonds is 0. The van der Waals surface area contributed by atoms with Gasteiger partial charge in [-0.1, -0.05) is 0 Å². The average Bonchev–Trinajstić information content (AvgIpc) is 3.24. The molecule has 0 amide bonds. The third kappa shape index (κ3) is 2.16. The minimum absolute atomic E-state index is 0. The van der Waals surface area contributed by atoms with Gasteiger partial charge in [-0.2, -0.15) is 0 Å². The number of hydrogen-bond donors (Lipinski definition) is 0. The van der Waals surface area contributed by atoms with Crippen molar-refractivity contribution >= 4 is 20.2 Å². The summed E-state index contributed by atoms with van der Waals surface area (Å²) in [5, 5.41) is 3.79. The zero-order valence-corrected chi connectivity index (χ0v) is 21.8. The Morgan fingerprint density at radius 1 is 0.750 bits per heavy atom. The van der Waals surface area contributed by atoms with Gasteiger partial charge in [0.2, 0.25) is 0 Å². The van der Waals surface area contributed by atoms with Crippen molar-refractivity contribution in [3.05, 3.63) is 80.2 Å². The van der Waals surface area contributed by atoms with Crippen LogP contribution in [0, 0.1) is 13.8 Å². The zero-order chi connectivity index (χ0) is 17.9. The van der Waals surface area contributed by atoms with Gasteiger partial charge in [0.25, 0.3) is 0 Å². The zero-order valence-electron chi connectivity index (χ0n) is 16.8. The molecule has 4 heteroatoms. The number of allylic oxidation sites excluding steroid dienone is 2. The molecule has 0 saturated carbocycles. The molecular formula is C24H24Cl2SiZr. The molecule has 2 fully saturated rings. The van der Waals surface area contributed by atoms with Crippen molar-refractivity contribution in [1.29, 1.82) is 0 Å². The predicted octanol–water partition coefficient (Wildman–Crippen LogP) is -0.127. The van der Waals surface area contributed by atoms with Gasteiger partial charge in [0.1, 0.15) is 0 Å². The summed E-state index contributed by atoms with van der Waals surface area (Å²) in [6.07, 6.45) is 8.15. The van der Waals surface area contributed by atoms with Crippen LogP contribution in [0.15, 0.2) is 46.8 Å². The summed E-state index contributed by atoms with van der Waals surface area (Å²) < 4.78 is 0.978. The van der Waals surface area contributed by atoms with Gasteiger partial charge >= 0.3 is 170 Å². The Kier molecular flexibility index (Phi) is 4.69. The molecule has 2 bridgehead atoms.